The van der Waals surface area contributed by atoms with Gasteiger partial charge in [-0.15, -0.1) is 5.10 Å². The fourth-order valence-electron chi connectivity index (χ4n) is 2.79. The number of H-pyrrole nitrogens is 1. The van der Waals surface area contributed by atoms with Gasteiger partial charge in [-0.2, -0.15) is 13.8 Å². The van der Waals surface area contributed by atoms with Gasteiger partial charge in [0.25, 0.3) is 5.56 Å². The fourth-order valence-corrected chi connectivity index (χ4v) is 2.79. The molecule has 2 heterocycles. The summed E-state index contributed by atoms with van der Waals surface area (Å²) < 4.78 is 43.8. The zero-order valence-electron chi connectivity index (χ0n) is 14.3. The van der Waals surface area contributed by atoms with Crippen molar-refractivity contribution in [1.82, 2.24) is 19.7 Å². The predicted molar refractivity (Wildman–Crippen MR) is 93.8 cm³/mol. The van der Waals surface area contributed by atoms with Crippen molar-refractivity contribution >= 4 is 16.7 Å². The maximum Gasteiger partial charge on any atom is 0.345 e. The van der Waals surface area contributed by atoms with Crippen LogP contribution in [0.1, 0.15) is 19.3 Å². The van der Waals surface area contributed by atoms with Gasteiger partial charge in [-0.3, -0.25) is 9.89 Å². The van der Waals surface area contributed by atoms with Crippen molar-refractivity contribution in [3.63, 3.8) is 0 Å². The number of rotatable bonds is 8. The Bertz CT molecular complexity index is 986. The van der Waals surface area contributed by atoms with Crippen LogP contribution in [0.2, 0.25) is 0 Å². The van der Waals surface area contributed by atoms with Crippen molar-refractivity contribution in [2.45, 2.75) is 32.4 Å². The smallest absolute Gasteiger partial charge is 0.345 e. The SMILES string of the molecule is Nc1n[nH]c(-c2cc3ccn(CCCCCOC(F)F)c(=O)c3cc2F)n1. The van der Waals surface area contributed by atoms with Crippen molar-refractivity contribution < 1.29 is 17.9 Å². The zero-order valence-corrected chi connectivity index (χ0v) is 14.3. The van der Waals surface area contributed by atoms with E-state index in [0.29, 0.717) is 31.2 Å². The molecule has 2 aromatic heterocycles. The largest absolute Gasteiger partial charge is 0.366 e. The number of aromatic amines is 1. The Balaban J connectivity index is 1.74. The van der Waals surface area contributed by atoms with E-state index >= 15 is 0 Å². The molecule has 0 aliphatic heterocycles. The molecule has 0 aliphatic carbocycles. The average molecular weight is 381 g/mol. The molecule has 0 radical (unpaired) electrons. The van der Waals surface area contributed by atoms with Gasteiger partial charge < -0.3 is 15.0 Å². The molecule has 144 valence electrons. The highest BCUT2D eigenvalue weighted by molar-refractivity contribution is 5.86. The molecule has 3 rings (SSSR count). The number of nitrogens with two attached hydrogens (primary N) is 1. The molecule has 27 heavy (non-hydrogen) atoms. The van der Waals surface area contributed by atoms with Crippen LogP contribution in [0.3, 0.4) is 0 Å². The molecule has 0 unspecified atom stereocenters. The lowest BCUT2D eigenvalue weighted by molar-refractivity contribution is -0.129. The number of halogens is 3. The van der Waals surface area contributed by atoms with E-state index < -0.39 is 12.4 Å². The highest BCUT2D eigenvalue weighted by atomic mass is 19.3. The molecule has 10 heteroatoms. The third kappa shape index (κ3) is 4.45. The van der Waals surface area contributed by atoms with Gasteiger partial charge >= 0.3 is 6.61 Å². The first-order chi connectivity index (χ1) is 13.0. The first-order valence-electron chi connectivity index (χ1n) is 8.36. The number of aryl methyl sites for hydroxylation is 1. The molecular weight excluding hydrogens is 363 g/mol. The molecule has 0 saturated heterocycles. The molecule has 0 saturated carbocycles. The molecular formula is C17H18F3N5O2. The van der Waals surface area contributed by atoms with E-state index in [1.807, 2.05) is 0 Å². The van der Waals surface area contributed by atoms with Crippen molar-refractivity contribution in [2.75, 3.05) is 12.3 Å². The Morgan fingerprint density at radius 1 is 1.26 bits per heavy atom. The van der Waals surface area contributed by atoms with Gasteiger partial charge in [0.15, 0.2) is 5.82 Å². The highest BCUT2D eigenvalue weighted by Gasteiger charge is 2.13. The Hall–Kier alpha value is -2.88. The van der Waals surface area contributed by atoms with E-state index in [0.717, 1.165) is 0 Å². The maximum atomic E-state index is 14.4. The summed E-state index contributed by atoms with van der Waals surface area (Å²) in [5.74, 6) is -0.432. The Morgan fingerprint density at radius 3 is 2.78 bits per heavy atom. The second-order valence-corrected chi connectivity index (χ2v) is 5.97. The molecule has 3 aromatic rings. The Kier molecular flexibility index (Phi) is 5.75. The molecule has 1 aromatic carbocycles. The molecule has 0 spiro atoms. The molecule has 0 aliphatic rings. The summed E-state index contributed by atoms with van der Waals surface area (Å²) in [7, 11) is 0. The van der Waals surface area contributed by atoms with E-state index in [4.69, 9.17) is 5.73 Å². The van der Waals surface area contributed by atoms with Crippen molar-refractivity contribution in [3.05, 3.63) is 40.6 Å². The summed E-state index contributed by atoms with van der Waals surface area (Å²) in [5, 5.41) is 7.01. The summed E-state index contributed by atoms with van der Waals surface area (Å²) in [6, 6.07) is 4.38. The van der Waals surface area contributed by atoms with E-state index in [-0.39, 0.29) is 34.9 Å². The molecule has 3 N–H and O–H groups in total. The van der Waals surface area contributed by atoms with Crippen molar-refractivity contribution in [2.24, 2.45) is 0 Å². The van der Waals surface area contributed by atoms with Crippen LogP contribution in [-0.2, 0) is 11.3 Å². The number of anilines is 1. The summed E-state index contributed by atoms with van der Waals surface area (Å²) in [6.45, 7) is -2.38. The number of fused-ring (bicyclic) bond motifs is 1. The number of ether oxygens (including phenoxy) is 1. The minimum Gasteiger partial charge on any atom is -0.366 e. The predicted octanol–water partition coefficient (Wildman–Crippen LogP) is 2.92. The second-order valence-electron chi connectivity index (χ2n) is 5.97. The Labute approximate surface area is 152 Å². The van der Waals surface area contributed by atoms with Gasteiger partial charge in [0.1, 0.15) is 5.82 Å². The van der Waals surface area contributed by atoms with E-state index in [1.165, 1.54) is 16.7 Å². The molecule has 7 nitrogen and oxygen atoms in total. The second kappa shape index (κ2) is 8.21. The first kappa shape index (κ1) is 18.9. The van der Waals surface area contributed by atoms with Crippen LogP contribution in [-0.4, -0.2) is 33.0 Å². The number of pyridine rings is 1. The van der Waals surface area contributed by atoms with Gasteiger partial charge in [0.05, 0.1) is 17.6 Å². The average Bonchev–Trinajstić information content (AvgIpc) is 3.05. The topological polar surface area (TPSA) is 98.8 Å². The maximum absolute atomic E-state index is 14.4. The number of nitrogens with zero attached hydrogens (tertiary/aromatic N) is 3. The lowest BCUT2D eigenvalue weighted by atomic mass is 10.1. The monoisotopic (exact) mass is 381 g/mol. The van der Waals surface area contributed by atoms with Crippen molar-refractivity contribution in [1.29, 1.82) is 0 Å². The summed E-state index contributed by atoms with van der Waals surface area (Å²) in [5.41, 5.74) is 5.29. The number of aromatic nitrogens is 4. The zero-order chi connectivity index (χ0) is 19.4. The number of hydrogen-bond acceptors (Lipinski definition) is 5. The number of alkyl halides is 2. The van der Waals surface area contributed by atoms with Crippen LogP contribution < -0.4 is 11.3 Å². The Morgan fingerprint density at radius 2 is 2.07 bits per heavy atom. The van der Waals surface area contributed by atoms with Crippen LogP contribution >= 0.6 is 0 Å². The number of unbranched alkanes of at least 4 members (excludes halogenated alkanes) is 2. The van der Waals surface area contributed by atoms with Gasteiger partial charge in [0.2, 0.25) is 5.95 Å². The molecule has 0 atom stereocenters. The number of benzene rings is 1. The van der Waals surface area contributed by atoms with E-state index in [1.54, 1.807) is 12.3 Å². The van der Waals surface area contributed by atoms with E-state index in [2.05, 4.69) is 19.9 Å². The lowest BCUT2D eigenvalue weighted by Gasteiger charge is -2.09. The highest BCUT2D eigenvalue weighted by Crippen LogP contribution is 2.24. The molecule has 0 amide bonds. The normalized spacial score (nSPS) is 11.6. The quantitative estimate of drug-likeness (QED) is 0.585. The third-order valence-electron chi connectivity index (χ3n) is 4.11. The third-order valence-corrected chi connectivity index (χ3v) is 4.11. The minimum atomic E-state index is -2.76. The lowest BCUT2D eigenvalue weighted by Crippen LogP contribution is -2.19. The van der Waals surface area contributed by atoms with Gasteiger partial charge in [-0.25, -0.2) is 4.39 Å². The first-order valence-corrected chi connectivity index (χ1v) is 8.36. The number of nitrogen functional groups attached to an aromatic ring is 1. The molecule has 0 bridgehead atoms. The number of nitrogens with one attached hydrogen (secondary N) is 1. The van der Waals surface area contributed by atoms with E-state index in [9.17, 15) is 18.0 Å². The van der Waals surface area contributed by atoms with Crippen LogP contribution in [0.25, 0.3) is 22.2 Å². The summed E-state index contributed by atoms with van der Waals surface area (Å²) in [6.07, 6.45) is 3.36. The van der Waals surface area contributed by atoms with Crippen LogP contribution in [0, 0.1) is 5.82 Å². The van der Waals surface area contributed by atoms with Crippen LogP contribution in [0.5, 0.6) is 0 Å². The number of hydrogen-bond donors (Lipinski definition) is 2. The van der Waals surface area contributed by atoms with Gasteiger partial charge in [0, 0.05) is 12.7 Å². The van der Waals surface area contributed by atoms with Crippen LogP contribution in [0.15, 0.2) is 29.2 Å². The van der Waals surface area contributed by atoms with Crippen LogP contribution in [0.4, 0.5) is 19.1 Å². The molecule has 0 fully saturated rings. The standard InChI is InChI=1S/C17H18F3N5O2/c18-13-9-11-10(8-12(13)14-22-17(21)24-23-14)4-6-25(15(11)26)5-2-1-3-7-27-16(19)20/h4,6,8-9,16H,1-3,5,7H2,(H3,21,22,23,24). The van der Waals surface area contributed by atoms with Crippen molar-refractivity contribution in [3.8, 4) is 11.4 Å². The van der Waals surface area contributed by atoms with Gasteiger partial charge in [-0.05, 0) is 42.8 Å². The summed E-state index contributed by atoms with van der Waals surface area (Å²) >= 11 is 0. The van der Waals surface area contributed by atoms with Gasteiger partial charge in [-0.1, -0.05) is 0 Å². The summed E-state index contributed by atoms with van der Waals surface area (Å²) in [4.78, 5) is 16.5. The minimum absolute atomic E-state index is 0.00105. The fraction of sp³-hybridized carbons (Fsp3) is 0.353.